The number of nitrogens with two attached hydrogens (primary N) is 2. The van der Waals surface area contributed by atoms with Crippen LogP contribution in [0.1, 0.15) is 6.92 Å². The summed E-state index contributed by atoms with van der Waals surface area (Å²) in [6.07, 6.45) is 0. The molecule has 2 unspecified atom stereocenters. The lowest BCUT2D eigenvalue weighted by atomic mass is 11.0. The van der Waals surface area contributed by atoms with Crippen LogP contribution in [0.15, 0.2) is 0 Å². The summed E-state index contributed by atoms with van der Waals surface area (Å²) in [7, 11) is 0. The third kappa shape index (κ3) is 2.75. The van der Waals surface area contributed by atoms with Crippen molar-refractivity contribution < 1.29 is 9.11 Å². The van der Waals surface area contributed by atoms with Crippen LogP contribution in [-0.2, 0) is 22.7 Å². The Hall–Kier alpha value is 0.540. The Kier molecular flexibility index (Phi) is 3.78. The van der Waals surface area contributed by atoms with Gasteiger partial charge in [-0.1, -0.05) is 0 Å². The zero-order chi connectivity index (χ0) is 6.73. The Morgan fingerprint density at radius 3 is 1.50 bits per heavy atom. The SMILES string of the molecule is CC([S+](N)[O-])[S+](N)[O-]. The fraction of sp³-hybridized carbons (Fsp3) is 1.00. The molecule has 0 heterocycles. The molecule has 0 aliphatic heterocycles. The molecule has 50 valence electrons. The summed E-state index contributed by atoms with van der Waals surface area (Å²) in [5.41, 5.74) is 0. The van der Waals surface area contributed by atoms with E-state index in [1.165, 1.54) is 6.92 Å². The van der Waals surface area contributed by atoms with Gasteiger partial charge in [0.15, 0.2) is 0 Å². The summed E-state index contributed by atoms with van der Waals surface area (Å²) in [6, 6.07) is 0. The summed E-state index contributed by atoms with van der Waals surface area (Å²) in [6.45, 7) is 1.46. The van der Waals surface area contributed by atoms with Crippen LogP contribution in [0.2, 0.25) is 0 Å². The Morgan fingerprint density at radius 2 is 1.50 bits per heavy atom. The first-order chi connectivity index (χ1) is 3.55. The quantitative estimate of drug-likeness (QED) is 0.479. The molecular formula is C2H8N2O2S2. The van der Waals surface area contributed by atoms with Gasteiger partial charge < -0.3 is 9.11 Å². The van der Waals surface area contributed by atoms with Crippen LogP contribution < -0.4 is 10.3 Å². The van der Waals surface area contributed by atoms with Crippen molar-refractivity contribution in [3.63, 3.8) is 0 Å². The van der Waals surface area contributed by atoms with Gasteiger partial charge in [-0.3, -0.25) is 0 Å². The summed E-state index contributed by atoms with van der Waals surface area (Å²) in [5.74, 6) is 0. The maximum atomic E-state index is 10.2. The van der Waals surface area contributed by atoms with E-state index in [1.54, 1.807) is 0 Å². The van der Waals surface area contributed by atoms with Crippen LogP contribution in [0.5, 0.6) is 0 Å². The highest BCUT2D eigenvalue weighted by Gasteiger charge is 2.23. The molecule has 0 aromatic carbocycles. The van der Waals surface area contributed by atoms with Gasteiger partial charge in [-0.25, -0.2) is 0 Å². The summed E-state index contributed by atoms with van der Waals surface area (Å²) in [4.78, 5) is 0. The summed E-state index contributed by atoms with van der Waals surface area (Å²) >= 11 is -3.13. The molecular weight excluding hydrogens is 148 g/mol. The third-order valence-corrected chi connectivity index (χ3v) is 3.10. The van der Waals surface area contributed by atoms with Gasteiger partial charge in [-0.2, -0.15) is 0 Å². The standard InChI is InChI=1S/C2H8N2O2S2/c1-2(7(3)5)8(4)6/h2H,3-4H2,1H3. The van der Waals surface area contributed by atoms with E-state index in [0.717, 1.165) is 0 Å². The third-order valence-electron chi connectivity index (χ3n) is 0.654. The van der Waals surface area contributed by atoms with Gasteiger partial charge in [0, 0.05) is 6.92 Å². The Balaban J connectivity index is 3.46. The molecule has 0 saturated carbocycles. The molecule has 0 bridgehead atoms. The maximum Gasteiger partial charge on any atom is 0.296 e. The van der Waals surface area contributed by atoms with Crippen LogP contribution in [0.4, 0.5) is 0 Å². The largest absolute Gasteiger partial charge is 0.594 e. The van der Waals surface area contributed by atoms with E-state index in [9.17, 15) is 9.11 Å². The Morgan fingerprint density at radius 1 is 1.25 bits per heavy atom. The molecule has 0 aliphatic carbocycles. The van der Waals surface area contributed by atoms with Crippen LogP contribution in [0.25, 0.3) is 0 Å². The first-order valence-corrected chi connectivity index (χ1v) is 4.41. The van der Waals surface area contributed by atoms with E-state index in [0.29, 0.717) is 0 Å². The Labute approximate surface area is 54.2 Å². The molecule has 0 radical (unpaired) electrons. The first-order valence-electron chi connectivity index (χ1n) is 1.85. The molecule has 4 nitrogen and oxygen atoms in total. The fourth-order valence-corrected chi connectivity index (χ4v) is 0.841. The average Bonchev–Trinajstić information content (AvgIpc) is 1.64. The summed E-state index contributed by atoms with van der Waals surface area (Å²) < 4.78 is 19.8. The Bertz CT molecular complexity index is 61.1. The predicted octanol–water partition coefficient (Wildman–Crippen LogP) is -1.42. The van der Waals surface area contributed by atoms with Crippen molar-refractivity contribution in [3.8, 4) is 0 Å². The second-order valence-corrected chi connectivity index (χ2v) is 4.25. The van der Waals surface area contributed by atoms with E-state index in [1.807, 2.05) is 0 Å². The van der Waals surface area contributed by atoms with Crippen molar-refractivity contribution in [2.24, 2.45) is 10.3 Å². The molecule has 8 heavy (non-hydrogen) atoms. The lowest BCUT2D eigenvalue weighted by Gasteiger charge is -2.11. The molecule has 0 fully saturated rings. The first kappa shape index (κ1) is 8.54. The molecule has 2 atom stereocenters. The van der Waals surface area contributed by atoms with Gasteiger partial charge >= 0.3 is 0 Å². The van der Waals surface area contributed by atoms with Crippen LogP contribution in [0, 0.1) is 0 Å². The smallest absolute Gasteiger partial charge is 0.296 e. The molecule has 0 aliphatic rings. The van der Waals surface area contributed by atoms with E-state index in [4.69, 9.17) is 10.3 Å². The normalized spacial score (nSPS) is 22.1. The van der Waals surface area contributed by atoms with Gasteiger partial charge in [0.05, 0.1) is 22.7 Å². The molecule has 0 saturated heterocycles. The summed E-state index contributed by atoms with van der Waals surface area (Å²) in [5, 5.41) is 9.67. The molecule has 0 amide bonds. The number of rotatable bonds is 2. The molecule has 0 spiro atoms. The molecule has 0 rings (SSSR count). The van der Waals surface area contributed by atoms with Gasteiger partial charge in [0.25, 0.3) is 4.58 Å². The van der Waals surface area contributed by atoms with E-state index >= 15 is 0 Å². The highest BCUT2D eigenvalue weighted by molar-refractivity contribution is 8.06. The van der Waals surface area contributed by atoms with Crippen molar-refractivity contribution in [3.05, 3.63) is 0 Å². The molecule has 0 aromatic rings. The lowest BCUT2D eigenvalue weighted by Crippen LogP contribution is -2.37. The average molecular weight is 156 g/mol. The van der Waals surface area contributed by atoms with Crippen LogP contribution in [-0.4, -0.2) is 13.7 Å². The minimum atomic E-state index is -1.57. The molecule has 0 aromatic heterocycles. The second kappa shape index (κ2) is 3.54. The minimum absolute atomic E-state index is 0.630. The zero-order valence-corrected chi connectivity index (χ0v) is 6.00. The monoisotopic (exact) mass is 156 g/mol. The van der Waals surface area contributed by atoms with Crippen molar-refractivity contribution in [2.45, 2.75) is 11.5 Å². The zero-order valence-electron chi connectivity index (χ0n) is 4.37. The van der Waals surface area contributed by atoms with Crippen molar-refractivity contribution in [1.82, 2.24) is 0 Å². The van der Waals surface area contributed by atoms with Gasteiger partial charge in [-0.15, -0.1) is 10.3 Å². The van der Waals surface area contributed by atoms with Gasteiger partial charge in [0.1, 0.15) is 0 Å². The number of hydrogen-bond acceptors (Lipinski definition) is 4. The fourth-order valence-electron chi connectivity index (χ4n) is 0.0935. The van der Waals surface area contributed by atoms with Crippen LogP contribution >= 0.6 is 0 Å². The highest BCUT2D eigenvalue weighted by atomic mass is 32.3. The highest BCUT2D eigenvalue weighted by Crippen LogP contribution is 1.98. The molecule has 6 heteroatoms. The van der Waals surface area contributed by atoms with Gasteiger partial charge in [-0.05, 0) is 0 Å². The minimum Gasteiger partial charge on any atom is -0.594 e. The maximum absolute atomic E-state index is 10.2. The second-order valence-electron chi connectivity index (χ2n) is 1.22. The lowest BCUT2D eigenvalue weighted by molar-refractivity contribution is 0.578. The van der Waals surface area contributed by atoms with E-state index in [-0.39, 0.29) is 0 Å². The van der Waals surface area contributed by atoms with Gasteiger partial charge in [0.2, 0.25) is 0 Å². The predicted molar refractivity (Wildman–Crippen MR) is 34.1 cm³/mol. The van der Waals surface area contributed by atoms with Crippen molar-refractivity contribution >= 4 is 22.7 Å². The van der Waals surface area contributed by atoms with Crippen molar-refractivity contribution in [1.29, 1.82) is 0 Å². The molecule has 4 N–H and O–H groups in total. The van der Waals surface area contributed by atoms with E-state index < -0.39 is 27.3 Å². The van der Waals surface area contributed by atoms with Crippen molar-refractivity contribution in [2.75, 3.05) is 0 Å². The topological polar surface area (TPSA) is 98.2 Å². The number of hydrogen-bond donors (Lipinski definition) is 2. The van der Waals surface area contributed by atoms with E-state index in [2.05, 4.69) is 0 Å². The van der Waals surface area contributed by atoms with Crippen LogP contribution in [0.3, 0.4) is 0 Å².